The zero-order valence-electron chi connectivity index (χ0n) is 17.6. The SMILES string of the molecule is Nc1nc(N2CCC3(CC2)Cc2cc(F)c(Br)cc2[C@H]3N)cnc1Sc1ccnc(N)c1Cl. The van der Waals surface area contributed by atoms with Crippen LogP contribution in [0.5, 0.6) is 0 Å². The van der Waals surface area contributed by atoms with Crippen molar-refractivity contribution in [1.82, 2.24) is 15.0 Å². The summed E-state index contributed by atoms with van der Waals surface area (Å²) >= 11 is 10.8. The Hall–Kier alpha value is -2.14. The van der Waals surface area contributed by atoms with Gasteiger partial charge in [0.25, 0.3) is 0 Å². The third-order valence-corrected chi connectivity index (χ3v) is 8.83. The molecule has 7 nitrogen and oxygen atoms in total. The van der Waals surface area contributed by atoms with E-state index in [9.17, 15) is 4.39 Å². The summed E-state index contributed by atoms with van der Waals surface area (Å²) in [7, 11) is 0. The number of nitrogens with two attached hydrogens (primary N) is 3. The lowest BCUT2D eigenvalue weighted by atomic mass is 9.73. The summed E-state index contributed by atoms with van der Waals surface area (Å²) < 4.78 is 14.5. The molecule has 1 spiro atoms. The molecule has 3 aromatic rings. The fourth-order valence-corrected chi connectivity index (χ4v) is 6.15. The van der Waals surface area contributed by atoms with Gasteiger partial charge in [-0.25, -0.2) is 19.3 Å². The average Bonchev–Trinajstić information content (AvgIpc) is 3.04. The van der Waals surface area contributed by atoms with Gasteiger partial charge in [0, 0.05) is 30.2 Å². The molecular formula is C22H22BrClFN7S. The maximum Gasteiger partial charge on any atom is 0.158 e. The number of anilines is 3. The summed E-state index contributed by atoms with van der Waals surface area (Å²) in [5, 5.41) is 0.926. The van der Waals surface area contributed by atoms with Crippen LogP contribution in [0.3, 0.4) is 0 Å². The number of hydrogen-bond acceptors (Lipinski definition) is 8. The Morgan fingerprint density at radius 2 is 1.94 bits per heavy atom. The normalized spacial score (nSPS) is 19.2. The van der Waals surface area contributed by atoms with Crippen LogP contribution in [0.4, 0.5) is 21.8 Å². The van der Waals surface area contributed by atoms with E-state index in [1.165, 1.54) is 11.8 Å². The molecular weight excluding hydrogens is 529 g/mol. The van der Waals surface area contributed by atoms with E-state index in [0.29, 0.717) is 20.3 Å². The van der Waals surface area contributed by atoms with Crippen molar-refractivity contribution in [2.45, 2.75) is 35.2 Å². The van der Waals surface area contributed by atoms with Crippen LogP contribution in [0.1, 0.15) is 30.0 Å². The van der Waals surface area contributed by atoms with Gasteiger partial charge in [-0.3, -0.25) is 0 Å². The Morgan fingerprint density at radius 3 is 2.67 bits per heavy atom. The van der Waals surface area contributed by atoms with E-state index >= 15 is 0 Å². The maximum absolute atomic E-state index is 14.0. The first kappa shape index (κ1) is 22.6. The highest BCUT2D eigenvalue weighted by Crippen LogP contribution is 2.51. The number of benzene rings is 1. The van der Waals surface area contributed by atoms with Gasteiger partial charge < -0.3 is 22.1 Å². The van der Waals surface area contributed by atoms with Crippen molar-refractivity contribution < 1.29 is 4.39 Å². The van der Waals surface area contributed by atoms with Gasteiger partial charge in [0.05, 0.1) is 15.7 Å². The number of rotatable bonds is 3. The molecule has 0 radical (unpaired) electrons. The predicted octanol–water partition coefficient (Wildman–Crippen LogP) is 4.58. The Labute approximate surface area is 208 Å². The second-order valence-electron chi connectivity index (χ2n) is 8.50. The van der Waals surface area contributed by atoms with Gasteiger partial charge >= 0.3 is 0 Å². The molecule has 2 aromatic heterocycles. The number of piperidine rings is 1. The first-order valence-electron chi connectivity index (χ1n) is 10.5. The standard InChI is InChI=1S/C22H22BrClFN7S/c23-13-8-12-11(7-14(13)25)9-22(18(12)26)2-5-32(6-3-22)16-10-30-21(20(28)31-16)33-15-1-4-29-19(27)17(15)24/h1,4,7-8,10,18H,2-3,5-6,9,26H2,(H2,27,29)(H2,28,31)/t18-/m1/s1. The Kier molecular flexibility index (Phi) is 5.88. The van der Waals surface area contributed by atoms with Crippen LogP contribution >= 0.6 is 39.3 Å². The molecule has 1 aliphatic heterocycles. The summed E-state index contributed by atoms with van der Waals surface area (Å²) in [5.41, 5.74) is 20.6. The van der Waals surface area contributed by atoms with E-state index in [4.69, 9.17) is 28.8 Å². The molecule has 0 amide bonds. The Bertz CT molecular complexity index is 1240. The van der Waals surface area contributed by atoms with Crippen LogP contribution in [-0.4, -0.2) is 28.0 Å². The van der Waals surface area contributed by atoms with E-state index in [0.717, 1.165) is 54.2 Å². The van der Waals surface area contributed by atoms with Crippen molar-refractivity contribution in [2.75, 3.05) is 29.5 Å². The van der Waals surface area contributed by atoms with Crippen molar-refractivity contribution in [3.8, 4) is 0 Å². The first-order chi connectivity index (χ1) is 15.8. The maximum atomic E-state index is 14.0. The molecule has 5 rings (SSSR count). The number of nitrogen functional groups attached to an aromatic ring is 2. The molecule has 1 fully saturated rings. The lowest BCUT2D eigenvalue weighted by Gasteiger charge is -2.42. The lowest BCUT2D eigenvalue weighted by Crippen LogP contribution is -2.44. The number of nitrogens with zero attached hydrogens (tertiary/aromatic N) is 4. The van der Waals surface area contributed by atoms with Crippen molar-refractivity contribution in [1.29, 1.82) is 0 Å². The zero-order chi connectivity index (χ0) is 23.3. The van der Waals surface area contributed by atoms with Gasteiger partial charge in [-0.1, -0.05) is 23.4 Å². The van der Waals surface area contributed by atoms with Crippen LogP contribution < -0.4 is 22.1 Å². The lowest BCUT2D eigenvalue weighted by molar-refractivity contribution is 0.187. The van der Waals surface area contributed by atoms with Crippen LogP contribution in [0.25, 0.3) is 0 Å². The highest BCUT2D eigenvalue weighted by molar-refractivity contribution is 9.10. The van der Waals surface area contributed by atoms with Crippen molar-refractivity contribution >= 4 is 56.7 Å². The second-order valence-corrected chi connectivity index (χ2v) is 10.8. The Balaban J connectivity index is 1.30. The van der Waals surface area contributed by atoms with Crippen molar-refractivity contribution in [3.05, 3.63) is 57.0 Å². The molecule has 1 atom stereocenters. The van der Waals surface area contributed by atoms with E-state index in [1.807, 2.05) is 6.07 Å². The van der Waals surface area contributed by atoms with Gasteiger partial charge in [-0.15, -0.1) is 0 Å². The molecule has 3 heterocycles. The molecule has 0 unspecified atom stereocenters. The van der Waals surface area contributed by atoms with Gasteiger partial charge in [0.2, 0.25) is 0 Å². The predicted molar refractivity (Wildman–Crippen MR) is 133 cm³/mol. The molecule has 1 aromatic carbocycles. The molecule has 2 aliphatic rings. The van der Waals surface area contributed by atoms with Gasteiger partial charge in [0.1, 0.15) is 22.5 Å². The molecule has 1 aliphatic carbocycles. The topological polar surface area (TPSA) is 120 Å². The average molecular weight is 551 g/mol. The third-order valence-electron chi connectivity index (χ3n) is 6.64. The van der Waals surface area contributed by atoms with Crippen molar-refractivity contribution in [2.24, 2.45) is 11.1 Å². The number of halogens is 3. The van der Waals surface area contributed by atoms with Crippen LogP contribution in [0.2, 0.25) is 5.02 Å². The van der Waals surface area contributed by atoms with Gasteiger partial charge in [-0.2, -0.15) is 0 Å². The molecule has 1 saturated heterocycles. The largest absolute Gasteiger partial charge is 0.382 e. The summed E-state index contributed by atoms with van der Waals surface area (Å²) in [6.07, 6.45) is 5.87. The van der Waals surface area contributed by atoms with Crippen LogP contribution in [0, 0.1) is 11.2 Å². The van der Waals surface area contributed by atoms with E-state index < -0.39 is 0 Å². The molecule has 6 N–H and O–H groups in total. The number of aromatic nitrogens is 3. The minimum absolute atomic E-state index is 0.0706. The van der Waals surface area contributed by atoms with E-state index in [-0.39, 0.29) is 23.1 Å². The number of pyridine rings is 1. The van der Waals surface area contributed by atoms with Gasteiger partial charge in [0.15, 0.2) is 5.82 Å². The number of hydrogen-bond donors (Lipinski definition) is 3. The molecule has 11 heteroatoms. The summed E-state index contributed by atoms with van der Waals surface area (Å²) in [5.74, 6) is 1.07. The number of fused-ring (bicyclic) bond motifs is 1. The molecule has 172 valence electrons. The van der Waals surface area contributed by atoms with E-state index in [1.54, 1.807) is 24.5 Å². The minimum Gasteiger partial charge on any atom is -0.382 e. The van der Waals surface area contributed by atoms with Crippen LogP contribution in [-0.2, 0) is 6.42 Å². The summed E-state index contributed by atoms with van der Waals surface area (Å²) in [6.45, 7) is 1.55. The third kappa shape index (κ3) is 4.03. The second kappa shape index (κ2) is 8.57. The highest BCUT2D eigenvalue weighted by Gasteiger charge is 2.46. The Morgan fingerprint density at radius 1 is 1.18 bits per heavy atom. The van der Waals surface area contributed by atoms with E-state index in [2.05, 4.69) is 35.8 Å². The summed E-state index contributed by atoms with van der Waals surface area (Å²) in [4.78, 5) is 16.0. The monoisotopic (exact) mass is 549 g/mol. The fraction of sp³-hybridized carbons (Fsp3) is 0.318. The summed E-state index contributed by atoms with van der Waals surface area (Å²) in [6, 6.07) is 5.10. The molecule has 0 saturated carbocycles. The smallest absolute Gasteiger partial charge is 0.158 e. The highest BCUT2D eigenvalue weighted by atomic mass is 79.9. The fourth-order valence-electron chi connectivity index (χ4n) is 4.77. The first-order valence-corrected chi connectivity index (χ1v) is 12.4. The molecule has 33 heavy (non-hydrogen) atoms. The minimum atomic E-state index is -0.241. The van der Waals surface area contributed by atoms with Gasteiger partial charge in [-0.05, 0) is 69.9 Å². The quantitative estimate of drug-likeness (QED) is 0.433. The van der Waals surface area contributed by atoms with Crippen molar-refractivity contribution in [3.63, 3.8) is 0 Å². The molecule has 0 bridgehead atoms. The van der Waals surface area contributed by atoms with Crippen LogP contribution in [0.15, 0.2) is 45.0 Å². The zero-order valence-corrected chi connectivity index (χ0v) is 20.7.